The van der Waals surface area contributed by atoms with Gasteiger partial charge in [-0.25, -0.2) is 4.98 Å². The van der Waals surface area contributed by atoms with Crippen molar-refractivity contribution >= 4 is 11.6 Å². The molecule has 1 saturated carbocycles. The van der Waals surface area contributed by atoms with Crippen LogP contribution in [-0.2, 0) is 4.74 Å². The Bertz CT molecular complexity index is 403. The predicted molar refractivity (Wildman–Crippen MR) is 63.5 cm³/mol. The van der Waals surface area contributed by atoms with E-state index in [1.807, 2.05) is 0 Å². The molecular formula is C12H15ClN2O2. The van der Waals surface area contributed by atoms with E-state index >= 15 is 0 Å². The van der Waals surface area contributed by atoms with Crippen molar-refractivity contribution in [2.75, 3.05) is 13.2 Å². The molecule has 1 unspecified atom stereocenters. The van der Waals surface area contributed by atoms with Gasteiger partial charge in [-0.2, -0.15) is 4.98 Å². The van der Waals surface area contributed by atoms with Gasteiger partial charge < -0.3 is 9.47 Å². The quantitative estimate of drug-likeness (QED) is 0.775. The fraction of sp³-hybridized carbons (Fsp3) is 0.667. The minimum Gasteiger partial charge on any atom is -0.475 e. The largest absolute Gasteiger partial charge is 0.475 e. The van der Waals surface area contributed by atoms with E-state index in [0.29, 0.717) is 23.6 Å². The Hall–Kier alpha value is -0.870. The standard InChI is InChI=1S/C12H15ClN2O2/c13-10-6-11(15-12(14-10)8-3-4-8)17-7-9-2-1-5-16-9/h6,8-9H,1-5,7H2. The second-order valence-corrected chi connectivity index (χ2v) is 4.99. The summed E-state index contributed by atoms with van der Waals surface area (Å²) in [6.45, 7) is 1.39. The van der Waals surface area contributed by atoms with Crippen LogP contribution in [0.25, 0.3) is 0 Å². The van der Waals surface area contributed by atoms with Crippen molar-refractivity contribution < 1.29 is 9.47 Å². The summed E-state index contributed by atoms with van der Waals surface area (Å²) in [7, 11) is 0. The summed E-state index contributed by atoms with van der Waals surface area (Å²) >= 11 is 5.95. The summed E-state index contributed by atoms with van der Waals surface area (Å²) in [6, 6.07) is 1.67. The molecule has 1 aromatic rings. The lowest BCUT2D eigenvalue weighted by Gasteiger charge is -2.11. The summed E-state index contributed by atoms with van der Waals surface area (Å²) in [4.78, 5) is 8.60. The van der Waals surface area contributed by atoms with Crippen LogP contribution in [0.3, 0.4) is 0 Å². The Morgan fingerprint density at radius 3 is 2.94 bits per heavy atom. The van der Waals surface area contributed by atoms with Crippen molar-refractivity contribution in [3.8, 4) is 5.88 Å². The van der Waals surface area contributed by atoms with Crippen LogP contribution in [0.4, 0.5) is 0 Å². The van der Waals surface area contributed by atoms with Gasteiger partial charge in [-0.15, -0.1) is 0 Å². The molecule has 1 aromatic heterocycles. The first-order chi connectivity index (χ1) is 8.31. The first-order valence-corrected chi connectivity index (χ1v) is 6.48. The highest BCUT2D eigenvalue weighted by Crippen LogP contribution is 2.39. The van der Waals surface area contributed by atoms with Crippen LogP contribution in [0, 0.1) is 0 Å². The van der Waals surface area contributed by atoms with Gasteiger partial charge in [0, 0.05) is 18.6 Å². The maximum atomic E-state index is 5.95. The van der Waals surface area contributed by atoms with E-state index < -0.39 is 0 Å². The predicted octanol–water partition coefficient (Wildman–Crippen LogP) is 2.57. The fourth-order valence-electron chi connectivity index (χ4n) is 1.97. The molecule has 4 nitrogen and oxygen atoms in total. The van der Waals surface area contributed by atoms with Crippen molar-refractivity contribution in [2.45, 2.75) is 37.7 Å². The van der Waals surface area contributed by atoms with Crippen LogP contribution in [0.5, 0.6) is 5.88 Å². The molecule has 0 radical (unpaired) electrons. The first-order valence-electron chi connectivity index (χ1n) is 6.10. The Labute approximate surface area is 105 Å². The summed E-state index contributed by atoms with van der Waals surface area (Å²) in [5, 5.41) is 0.462. The molecule has 2 fully saturated rings. The van der Waals surface area contributed by atoms with Crippen LogP contribution in [0.1, 0.15) is 37.4 Å². The molecule has 0 spiro atoms. The van der Waals surface area contributed by atoms with Crippen LogP contribution in [-0.4, -0.2) is 29.3 Å². The SMILES string of the molecule is Clc1cc(OCC2CCCO2)nc(C2CC2)n1. The molecule has 3 rings (SSSR count). The minimum atomic E-state index is 0.202. The molecule has 5 heteroatoms. The van der Waals surface area contributed by atoms with E-state index in [4.69, 9.17) is 21.1 Å². The van der Waals surface area contributed by atoms with Crippen LogP contribution >= 0.6 is 11.6 Å². The normalized spacial score (nSPS) is 23.9. The zero-order valence-electron chi connectivity index (χ0n) is 9.56. The highest BCUT2D eigenvalue weighted by Gasteiger charge is 2.27. The Kier molecular flexibility index (Phi) is 3.16. The number of rotatable bonds is 4. The van der Waals surface area contributed by atoms with Gasteiger partial charge in [-0.05, 0) is 25.7 Å². The van der Waals surface area contributed by atoms with Gasteiger partial charge in [0.25, 0.3) is 0 Å². The van der Waals surface area contributed by atoms with Crippen molar-refractivity contribution in [2.24, 2.45) is 0 Å². The topological polar surface area (TPSA) is 44.2 Å². The van der Waals surface area contributed by atoms with Gasteiger partial charge in [0.15, 0.2) is 0 Å². The lowest BCUT2D eigenvalue weighted by molar-refractivity contribution is 0.0662. The molecule has 2 aliphatic rings. The monoisotopic (exact) mass is 254 g/mol. The van der Waals surface area contributed by atoms with Gasteiger partial charge >= 0.3 is 0 Å². The molecule has 0 amide bonds. The smallest absolute Gasteiger partial charge is 0.218 e. The van der Waals surface area contributed by atoms with Gasteiger partial charge in [0.2, 0.25) is 5.88 Å². The highest BCUT2D eigenvalue weighted by molar-refractivity contribution is 6.29. The lowest BCUT2D eigenvalue weighted by atomic mass is 10.2. The second-order valence-electron chi connectivity index (χ2n) is 4.61. The fourth-order valence-corrected chi connectivity index (χ4v) is 2.15. The number of hydrogen-bond donors (Lipinski definition) is 0. The molecule has 1 aliphatic carbocycles. The van der Waals surface area contributed by atoms with Gasteiger partial charge in [-0.3, -0.25) is 0 Å². The zero-order chi connectivity index (χ0) is 11.7. The van der Waals surface area contributed by atoms with Crippen LogP contribution in [0.15, 0.2) is 6.07 Å². The zero-order valence-corrected chi connectivity index (χ0v) is 10.3. The van der Waals surface area contributed by atoms with Crippen LogP contribution < -0.4 is 4.74 Å². The molecule has 92 valence electrons. The number of halogens is 1. The molecule has 17 heavy (non-hydrogen) atoms. The van der Waals surface area contributed by atoms with E-state index in [1.165, 1.54) is 0 Å². The molecule has 1 aliphatic heterocycles. The maximum absolute atomic E-state index is 5.95. The summed E-state index contributed by atoms with van der Waals surface area (Å²) in [5.74, 6) is 1.88. The second kappa shape index (κ2) is 4.78. The third-order valence-corrected chi connectivity index (χ3v) is 3.27. The average molecular weight is 255 g/mol. The summed E-state index contributed by atoms with van der Waals surface area (Å²) in [6.07, 6.45) is 4.70. The molecule has 0 aromatic carbocycles. The molecule has 2 heterocycles. The van der Waals surface area contributed by atoms with Crippen molar-refractivity contribution in [3.63, 3.8) is 0 Å². The Morgan fingerprint density at radius 1 is 1.35 bits per heavy atom. The summed E-state index contributed by atoms with van der Waals surface area (Å²) < 4.78 is 11.1. The molecule has 0 bridgehead atoms. The summed E-state index contributed by atoms with van der Waals surface area (Å²) in [5.41, 5.74) is 0. The molecular weight excluding hydrogens is 240 g/mol. The van der Waals surface area contributed by atoms with E-state index in [0.717, 1.165) is 38.1 Å². The van der Waals surface area contributed by atoms with Gasteiger partial charge in [-0.1, -0.05) is 11.6 Å². The highest BCUT2D eigenvalue weighted by atomic mass is 35.5. The van der Waals surface area contributed by atoms with Gasteiger partial charge in [0.05, 0.1) is 6.10 Å². The van der Waals surface area contributed by atoms with E-state index in [-0.39, 0.29) is 6.10 Å². The number of aromatic nitrogens is 2. The third kappa shape index (κ3) is 2.87. The van der Waals surface area contributed by atoms with E-state index in [1.54, 1.807) is 6.07 Å². The van der Waals surface area contributed by atoms with Crippen molar-refractivity contribution in [3.05, 3.63) is 17.0 Å². The van der Waals surface area contributed by atoms with Crippen molar-refractivity contribution in [1.29, 1.82) is 0 Å². The maximum Gasteiger partial charge on any atom is 0.218 e. The molecule has 1 atom stereocenters. The number of hydrogen-bond acceptors (Lipinski definition) is 4. The Morgan fingerprint density at radius 2 is 2.24 bits per heavy atom. The molecule has 0 N–H and O–H groups in total. The van der Waals surface area contributed by atoms with Crippen LogP contribution in [0.2, 0.25) is 5.15 Å². The van der Waals surface area contributed by atoms with E-state index in [2.05, 4.69) is 9.97 Å². The number of nitrogens with zero attached hydrogens (tertiary/aromatic N) is 2. The minimum absolute atomic E-state index is 0.202. The number of ether oxygens (including phenoxy) is 2. The van der Waals surface area contributed by atoms with E-state index in [9.17, 15) is 0 Å². The third-order valence-electron chi connectivity index (χ3n) is 3.07. The lowest BCUT2D eigenvalue weighted by Crippen LogP contribution is -2.17. The Balaban J connectivity index is 1.64. The van der Waals surface area contributed by atoms with Gasteiger partial charge in [0.1, 0.15) is 17.6 Å². The average Bonchev–Trinajstić information content (AvgIpc) is 3.04. The first kappa shape index (κ1) is 11.2. The van der Waals surface area contributed by atoms with Crippen molar-refractivity contribution in [1.82, 2.24) is 9.97 Å². The molecule has 1 saturated heterocycles.